The maximum atomic E-state index is 12.3. The molecule has 0 aliphatic carbocycles. The largest absolute Gasteiger partial charge is 0.450 e. The van der Waals surface area contributed by atoms with E-state index in [4.69, 9.17) is 15.2 Å². The van der Waals surface area contributed by atoms with E-state index in [0.29, 0.717) is 23.0 Å². The van der Waals surface area contributed by atoms with Crippen molar-refractivity contribution in [2.45, 2.75) is 12.7 Å². The van der Waals surface area contributed by atoms with E-state index in [1.165, 1.54) is 11.3 Å². The molecule has 0 aliphatic rings. The van der Waals surface area contributed by atoms with E-state index in [-0.39, 0.29) is 6.61 Å². The molecule has 0 amide bonds. The third kappa shape index (κ3) is 4.89. The van der Waals surface area contributed by atoms with E-state index in [0.717, 1.165) is 5.56 Å². The van der Waals surface area contributed by atoms with Crippen LogP contribution in [0.25, 0.3) is 0 Å². The third-order valence-corrected chi connectivity index (χ3v) is 4.20. The molecule has 0 saturated heterocycles. The van der Waals surface area contributed by atoms with Crippen LogP contribution >= 0.6 is 11.3 Å². The van der Waals surface area contributed by atoms with Crippen molar-refractivity contribution < 1.29 is 14.3 Å². The van der Waals surface area contributed by atoms with Crippen LogP contribution in [0.4, 0.5) is 5.13 Å². The van der Waals surface area contributed by atoms with Crippen LogP contribution in [0.5, 0.6) is 0 Å². The summed E-state index contributed by atoms with van der Waals surface area (Å²) >= 11 is 1.31. The molecule has 3 rings (SSSR count). The lowest BCUT2D eigenvalue weighted by Crippen LogP contribution is -2.17. The minimum Gasteiger partial charge on any atom is -0.450 e. The first kappa shape index (κ1) is 17.1. The third-order valence-electron chi connectivity index (χ3n) is 3.51. The first-order valence-electron chi connectivity index (χ1n) is 7.81. The molecule has 1 atom stereocenters. The van der Waals surface area contributed by atoms with Gasteiger partial charge in [-0.2, -0.15) is 0 Å². The molecule has 0 fully saturated rings. The molecule has 0 radical (unpaired) electrons. The normalized spacial score (nSPS) is 11.8. The number of esters is 1. The van der Waals surface area contributed by atoms with Gasteiger partial charge in [-0.15, -0.1) is 11.3 Å². The van der Waals surface area contributed by atoms with Gasteiger partial charge in [0.25, 0.3) is 0 Å². The zero-order valence-electron chi connectivity index (χ0n) is 13.5. The number of carbonyl (C=O) groups excluding carboxylic acids is 1. The number of benzene rings is 2. The van der Waals surface area contributed by atoms with Crippen molar-refractivity contribution in [3.05, 3.63) is 82.9 Å². The smallest absolute Gasteiger partial charge is 0.338 e. The zero-order chi connectivity index (χ0) is 17.5. The SMILES string of the molecule is Nc1nc(C(COCc2ccccc2)OC(=O)c2ccccc2)cs1. The van der Waals surface area contributed by atoms with Crippen molar-refractivity contribution in [3.63, 3.8) is 0 Å². The fourth-order valence-electron chi connectivity index (χ4n) is 2.26. The summed E-state index contributed by atoms with van der Waals surface area (Å²) in [6.07, 6.45) is -0.607. The van der Waals surface area contributed by atoms with Crippen molar-refractivity contribution in [1.29, 1.82) is 0 Å². The van der Waals surface area contributed by atoms with E-state index >= 15 is 0 Å². The number of thiazole rings is 1. The lowest BCUT2D eigenvalue weighted by Gasteiger charge is -2.16. The summed E-state index contributed by atoms with van der Waals surface area (Å²) < 4.78 is 11.3. The molecule has 5 nitrogen and oxygen atoms in total. The van der Waals surface area contributed by atoms with Crippen LogP contribution in [0.2, 0.25) is 0 Å². The first-order valence-corrected chi connectivity index (χ1v) is 8.69. The Balaban J connectivity index is 1.66. The fourth-order valence-corrected chi connectivity index (χ4v) is 2.86. The Morgan fingerprint density at radius 3 is 2.40 bits per heavy atom. The van der Waals surface area contributed by atoms with E-state index < -0.39 is 12.1 Å². The Bertz CT molecular complexity index is 806. The van der Waals surface area contributed by atoms with Gasteiger partial charge in [0.05, 0.1) is 24.5 Å². The highest BCUT2D eigenvalue weighted by Gasteiger charge is 2.21. The molecule has 3 aromatic rings. The summed E-state index contributed by atoms with van der Waals surface area (Å²) in [6.45, 7) is 0.635. The number of ether oxygens (including phenoxy) is 2. The first-order chi connectivity index (χ1) is 12.2. The highest BCUT2D eigenvalue weighted by atomic mass is 32.1. The molecule has 1 heterocycles. The number of nitrogens with zero attached hydrogens (tertiary/aromatic N) is 1. The number of hydrogen-bond acceptors (Lipinski definition) is 6. The standard InChI is InChI=1S/C19H18N2O3S/c20-19-21-16(13-25-19)17(12-23-11-14-7-3-1-4-8-14)24-18(22)15-9-5-2-6-10-15/h1-10,13,17H,11-12H2,(H2,20,21). The van der Waals surface area contributed by atoms with E-state index in [1.54, 1.807) is 29.6 Å². The van der Waals surface area contributed by atoms with Crippen LogP contribution in [0.1, 0.15) is 27.7 Å². The highest BCUT2D eigenvalue weighted by molar-refractivity contribution is 7.13. The van der Waals surface area contributed by atoms with Gasteiger partial charge in [-0.1, -0.05) is 48.5 Å². The predicted octanol–water partition coefficient (Wildman–Crippen LogP) is 3.84. The molecule has 0 saturated carbocycles. The molecule has 0 spiro atoms. The van der Waals surface area contributed by atoms with Crippen LogP contribution in [-0.2, 0) is 16.1 Å². The minimum atomic E-state index is -0.607. The van der Waals surface area contributed by atoms with Gasteiger partial charge < -0.3 is 15.2 Å². The topological polar surface area (TPSA) is 74.4 Å². The van der Waals surface area contributed by atoms with Crippen LogP contribution in [0, 0.1) is 0 Å². The van der Waals surface area contributed by atoms with Crippen molar-refractivity contribution in [1.82, 2.24) is 4.98 Å². The minimum absolute atomic E-state index is 0.205. The van der Waals surface area contributed by atoms with Crippen molar-refractivity contribution >= 4 is 22.4 Å². The molecule has 2 N–H and O–H groups in total. The molecule has 128 valence electrons. The van der Waals surface area contributed by atoms with Gasteiger partial charge >= 0.3 is 5.97 Å². The van der Waals surface area contributed by atoms with Crippen LogP contribution in [0.15, 0.2) is 66.0 Å². The molecule has 0 bridgehead atoms. The van der Waals surface area contributed by atoms with Crippen LogP contribution in [0.3, 0.4) is 0 Å². The quantitative estimate of drug-likeness (QED) is 0.653. The molecular weight excluding hydrogens is 336 g/mol. The molecular formula is C19H18N2O3S. The summed E-state index contributed by atoms with van der Waals surface area (Å²) in [5.74, 6) is -0.416. The predicted molar refractivity (Wildman–Crippen MR) is 97.2 cm³/mol. The number of nitrogens with two attached hydrogens (primary N) is 1. The Morgan fingerprint density at radius 1 is 1.08 bits per heavy atom. The maximum Gasteiger partial charge on any atom is 0.338 e. The molecule has 0 aliphatic heterocycles. The molecule has 6 heteroatoms. The lowest BCUT2D eigenvalue weighted by atomic mass is 10.2. The molecule has 2 aromatic carbocycles. The van der Waals surface area contributed by atoms with Gasteiger partial charge in [0.2, 0.25) is 0 Å². The monoisotopic (exact) mass is 354 g/mol. The van der Waals surface area contributed by atoms with E-state index in [1.807, 2.05) is 36.4 Å². The van der Waals surface area contributed by atoms with Crippen LogP contribution in [-0.4, -0.2) is 17.6 Å². The Morgan fingerprint density at radius 2 is 1.76 bits per heavy atom. The van der Waals surface area contributed by atoms with Crippen molar-refractivity contribution in [3.8, 4) is 0 Å². The Kier molecular flexibility index (Phi) is 5.77. The Hall–Kier alpha value is -2.70. The lowest BCUT2D eigenvalue weighted by molar-refractivity contribution is -0.0105. The van der Waals surface area contributed by atoms with Gasteiger partial charge in [-0.05, 0) is 17.7 Å². The summed E-state index contributed by atoms with van der Waals surface area (Å²) in [4.78, 5) is 16.6. The van der Waals surface area contributed by atoms with Gasteiger partial charge in [-0.25, -0.2) is 9.78 Å². The van der Waals surface area contributed by atoms with E-state index in [2.05, 4.69) is 4.98 Å². The zero-order valence-corrected chi connectivity index (χ0v) is 14.3. The summed E-state index contributed by atoms with van der Waals surface area (Å²) in [6, 6.07) is 18.7. The van der Waals surface area contributed by atoms with E-state index in [9.17, 15) is 4.79 Å². The maximum absolute atomic E-state index is 12.3. The second-order valence-corrected chi connectivity index (χ2v) is 6.26. The second-order valence-electron chi connectivity index (χ2n) is 5.37. The number of aromatic nitrogens is 1. The molecule has 1 unspecified atom stereocenters. The molecule has 25 heavy (non-hydrogen) atoms. The van der Waals surface area contributed by atoms with Gasteiger partial charge in [-0.3, -0.25) is 0 Å². The van der Waals surface area contributed by atoms with Crippen LogP contribution < -0.4 is 5.73 Å². The summed E-state index contributed by atoms with van der Waals surface area (Å²) in [7, 11) is 0. The van der Waals surface area contributed by atoms with Gasteiger partial charge in [0.15, 0.2) is 11.2 Å². The van der Waals surface area contributed by atoms with Crippen molar-refractivity contribution in [2.75, 3.05) is 12.3 Å². The van der Waals surface area contributed by atoms with Gasteiger partial charge in [0.1, 0.15) is 0 Å². The second kappa shape index (κ2) is 8.41. The summed E-state index contributed by atoms with van der Waals surface area (Å²) in [5, 5.41) is 2.21. The van der Waals surface area contributed by atoms with Crippen molar-refractivity contribution in [2.24, 2.45) is 0 Å². The number of nitrogen functional groups attached to an aromatic ring is 1. The number of anilines is 1. The average Bonchev–Trinajstić information content (AvgIpc) is 3.09. The highest BCUT2D eigenvalue weighted by Crippen LogP contribution is 2.23. The molecule has 1 aromatic heterocycles. The number of hydrogen-bond donors (Lipinski definition) is 1. The van der Waals surface area contributed by atoms with Gasteiger partial charge in [0, 0.05) is 5.38 Å². The average molecular weight is 354 g/mol. The summed E-state index contributed by atoms with van der Waals surface area (Å²) in [5.41, 5.74) is 7.84. The number of rotatable bonds is 7. The Labute approximate surface area is 150 Å². The fraction of sp³-hybridized carbons (Fsp3) is 0.158. The number of carbonyl (C=O) groups is 1.